The quantitative estimate of drug-likeness (QED) is 0.687. The molecule has 2 heteroatoms. The molecular formula is C19H20O2. The van der Waals surface area contributed by atoms with Crippen LogP contribution < -0.4 is 9.47 Å². The summed E-state index contributed by atoms with van der Waals surface area (Å²) in [6.45, 7) is 7.94. The van der Waals surface area contributed by atoms with Gasteiger partial charge in [-0.25, -0.2) is 0 Å². The van der Waals surface area contributed by atoms with Gasteiger partial charge in [0, 0.05) is 5.56 Å². The lowest BCUT2D eigenvalue weighted by Gasteiger charge is -2.11. The van der Waals surface area contributed by atoms with Crippen molar-refractivity contribution in [2.45, 2.75) is 6.42 Å². The van der Waals surface area contributed by atoms with Crippen molar-refractivity contribution in [1.82, 2.24) is 0 Å². The Kier molecular flexibility index (Phi) is 5.22. The first kappa shape index (κ1) is 14.9. The molecule has 21 heavy (non-hydrogen) atoms. The first-order valence-corrected chi connectivity index (χ1v) is 6.90. The number of ether oxygens (including phenoxy) is 2. The average molecular weight is 280 g/mol. The molecule has 0 aliphatic heterocycles. The Labute approximate surface area is 126 Å². The molecule has 0 spiro atoms. The molecule has 2 aromatic rings. The smallest absolute Gasteiger partial charge is 0.126 e. The van der Waals surface area contributed by atoms with Crippen LogP contribution in [0.1, 0.15) is 5.56 Å². The van der Waals surface area contributed by atoms with E-state index < -0.39 is 0 Å². The summed E-state index contributed by atoms with van der Waals surface area (Å²) in [5.41, 5.74) is 3.39. The van der Waals surface area contributed by atoms with Crippen LogP contribution in [0.4, 0.5) is 0 Å². The van der Waals surface area contributed by atoms with E-state index in [2.05, 4.69) is 25.3 Å². The van der Waals surface area contributed by atoms with Gasteiger partial charge in [-0.15, -0.1) is 6.58 Å². The van der Waals surface area contributed by atoms with E-state index in [1.54, 1.807) is 13.2 Å². The fourth-order valence-electron chi connectivity index (χ4n) is 2.16. The SMILES string of the molecule is C=CCOc1ccc(-c2cc(CC=C)ccc2OC)cc1. The van der Waals surface area contributed by atoms with E-state index in [-0.39, 0.29) is 0 Å². The van der Waals surface area contributed by atoms with Crippen molar-refractivity contribution < 1.29 is 9.47 Å². The predicted octanol–water partition coefficient (Wildman–Crippen LogP) is 4.66. The molecule has 2 rings (SSSR count). The Morgan fingerprint density at radius 2 is 1.76 bits per heavy atom. The first-order valence-electron chi connectivity index (χ1n) is 6.90. The van der Waals surface area contributed by atoms with Gasteiger partial charge >= 0.3 is 0 Å². The molecule has 0 fully saturated rings. The van der Waals surface area contributed by atoms with Gasteiger partial charge in [0.2, 0.25) is 0 Å². The second-order valence-corrected chi connectivity index (χ2v) is 4.65. The molecular weight excluding hydrogens is 260 g/mol. The van der Waals surface area contributed by atoms with Gasteiger partial charge in [0.15, 0.2) is 0 Å². The normalized spacial score (nSPS) is 9.95. The third kappa shape index (κ3) is 3.76. The summed E-state index contributed by atoms with van der Waals surface area (Å²) in [5, 5.41) is 0. The first-order chi connectivity index (χ1) is 10.3. The highest BCUT2D eigenvalue weighted by Gasteiger charge is 2.07. The lowest BCUT2D eigenvalue weighted by atomic mass is 10.0. The Morgan fingerprint density at radius 3 is 2.38 bits per heavy atom. The maximum atomic E-state index is 5.50. The van der Waals surface area contributed by atoms with Gasteiger partial charge < -0.3 is 9.47 Å². The highest BCUT2D eigenvalue weighted by molar-refractivity contribution is 5.71. The van der Waals surface area contributed by atoms with Gasteiger partial charge in [-0.2, -0.15) is 0 Å². The number of methoxy groups -OCH3 is 1. The van der Waals surface area contributed by atoms with Gasteiger partial charge in [-0.3, -0.25) is 0 Å². The van der Waals surface area contributed by atoms with Gasteiger partial charge in [-0.1, -0.05) is 36.9 Å². The van der Waals surface area contributed by atoms with Crippen LogP contribution in [0.3, 0.4) is 0 Å². The van der Waals surface area contributed by atoms with E-state index in [1.807, 2.05) is 36.4 Å². The summed E-state index contributed by atoms with van der Waals surface area (Å²) in [6, 6.07) is 14.2. The zero-order chi connectivity index (χ0) is 15.1. The summed E-state index contributed by atoms with van der Waals surface area (Å²) >= 11 is 0. The van der Waals surface area contributed by atoms with Crippen LogP contribution in [-0.2, 0) is 6.42 Å². The Hall–Kier alpha value is -2.48. The molecule has 0 unspecified atom stereocenters. The average Bonchev–Trinajstić information content (AvgIpc) is 2.53. The summed E-state index contributed by atoms with van der Waals surface area (Å²) < 4.78 is 11.0. The summed E-state index contributed by atoms with van der Waals surface area (Å²) in [5.74, 6) is 1.70. The zero-order valence-electron chi connectivity index (χ0n) is 12.3. The fourth-order valence-corrected chi connectivity index (χ4v) is 2.16. The summed E-state index contributed by atoms with van der Waals surface area (Å²) in [7, 11) is 1.69. The van der Waals surface area contributed by atoms with E-state index in [0.717, 1.165) is 29.0 Å². The zero-order valence-corrected chi connectivity index (χ0v) is 12.3. The predicted molar refractivity (Wildman–Crippen MR) is 88.0 cm³/mol. The molecule has 0 aliphatic rings. The van der Waals surface area contributed by atoms with Crippen molar-refractivity contribution in [3.63, 3.8) is 0 Å². The summed E-state index contributed by atoms with van der Waals surface area (Å²) in [6.07, 6.45) is 4.48. The molecule has 0 saturated heterocycles. The van der Waals surface area contributed by atoms with Crippen molar-refractivity contribution in [3.8, 4) is 22.6 Å². The molecule has 0 amide bonds. The molecule has 0 radical (unpaired) electrons. The molecule has 2 nitrogen and oxygen atoms in total. The van der Waals surface area contributed by atoms with Crippen molar-refractivity contribution in [2.75, 3.05) is 13.7 Å². The van der Waals surface area contributed by atoms with E-state index in [0.29, 0.717) is 6.61 Å². The lowest BCUT2D eigenvalue weighted by molar-refractivity contribution is 0.363. The minimum Gasteiger partial charge on any atom is -0.496 e. The molecule has 0 heterocycles. The molecule has 108 valence electrons. The van der Waals surface area contributed by atoms with Crippen LogP contribution in [0.25, 0.3) is 11.1 Å². The van der Waals surface area contributed by atoms with E-state index in [1.165, 1.54) is 5.56 Å². The Balaban J connectivity index is 2.32. The third-order valence-corrected chi connectivity index (χ3v) is 3.18. The molecule has 0 atom stereocenters. The maximum absolute atomic E-state index is 5.50. The minimum absolute atomic E-state index is 0.511. The van der Waals surface area contributed by atoms with Gasteiger partial charge in [0.25, 0.3) is 0 Å². The van der Waals surface area contributed by atoms with E-state index >= 15 is 0 Å². The van der Waals surface area contributed by atoms with Crippen molar-refractivity contribution in [2.24, 2.45) is 0 Å². The number of allylic oxidation sites excluding steroid dienone is 1. The van der Waals surface area contributed by atoms with Crippen molar-refractivity contribution in [3.05, 3.63) is 73.3 Å². The third-order valence-electron chi connectivity index (χ3n) is 3.18. The topological polar surface area (TPSA) is 18.5 Å². The van der Waals surface area contributed by atoms with Gasteiger partial charge in [0.05, 0.1) is 7.11 Å². The Morgan fingerprint density at radius 1 is 1.00 bits per heavy atom. The standard InChI is InChI=1S/C19H20O2/c1-4-6-15-7-12-19(20-3)18(14-15)16-8-10-17(11-9-16)21-13-5-2/h4-5,7-12,14H,1-2,6,13H2,3H3. The molecule has 0 saturated carbocycles. The largest absolute Gasteiger partial charge is 0.496 e. The van der Waals surface area contributed by atoms with Crippen LogP contribution >= 0.6 is 0 Å². The Bertz CT molecular complexity index is 612. The summed E-state index contributed by atoms with van der Waals surface area (Å²) in [4.78, 5) is 0. The van der Waals surface area contributed by atoms with Gasteiger partial charge in [-0.05, 0) is 41.8 Å². The fraction of sp³-hybridized carbons (Fsp3) is 0.158. The van der Waals surface area contributed by atoms with Crippen molar-refractivity contribution >= 4 is 0 Å². The monoisotopic (exact) mass is 280 g/mol. The molecule has 0 N–H and O–H groups in total. The molecule has 0 aliphatic carbocycles. The lowest BCUT2D eigenvalue weighted by Crippen LogP contribution is -1.93. The number of rotatable bonds is 7. The van der Waals surface area contributed by atoms with Crippen LogP contribution in [0, 0.1) is 0 Å². The molecule has 0 aromatic heterocycles. The second-order valence-electron chi connectivity index (χ2n) is 4.65. The highest BCUT2D eigenvalue weighted by Crippen LogP contribution is 2.32. The minimum atomic E-state index is 0.511. The number of benzene rings is 2. The second kappa shape index (κ2) is 7.34. The molecule has 0 bridgehead atoms. The molecule has 2 aromatic carbocycles. The van der Waals surface area contributed by atoms with Crippen molar-refractivity contribution in [1.29, 1.82) is 0 Å². The highest BCUT2D eigenvalue weighted by atomic mass is 16.5. The van der Waals surface area contributed by atoms with Crippen LogP contribution in [0.5, 0.6) is 11.5 Å². The number of hydrogen-bond donors (Lipinski definition) is 0. The van der Waals surface area contributed by atoms with Crippen LogP contribution in [0.15, 0.2) is 67.8 Å². The van der Waals surface area contributed by atoms with E-state index in [9.17, 15) is 0 Å². The van der Waals surface area contributed by atoms with Crippen LogP contribution in [-0.4, -0.2) is 13.7 Å². The number of hydrogen-bond acceptors (Lipinski definition) is 2. The van der Waals surface area contributed by atoms with E-state index in [4.69, 9.17) is 9.47 Å². The van der Waals surface area contributed by atoms with Crippen LogP contribution in [0.2, 0.25) is 0 Å². The maximum Gasteiger partial charge on any atom is 0.126 e. The van der Waals surface area contributed by atoms with Gasteiger partial charge in [0.1, 0.15) is 18.1 Å².